The minimum Gasteiger partial charge on any atom is -0.510 e. The number of aryl methyl sites for hydroxylation is 1. The van der Waals surface area contributed by atoms with Gasteiger partial charge in [-0.2, -0.15) is 0 Å². The molecule has 1 aromatic heterocycles. The number of anilines is 1. The molecule has 0 atom stereocenters. The molecule has 2 aromatic carbocycles. The Labute approximate surface area is 165 Å². The zero-order chi connectivity index (χ0) is 19.1. The van der Waals surface area contributed by atoms with Crippen molar-refractivity contribution in [1.82, 2.24) is 4.98 Å². The van der Waals surface area contributed by atoms with Crippen LogP contribution >= 0.6 is 22.9 Å². The highest BCUT2D eigenvalue weighted by atomic mass is 35.5. The number of rotatable bonds is 3. The van der Waals surface area contributed by atoms with Crippen molar-refractivity contribution < 1.29 is 10.2 Å². The van der Waals surface area contributed by atoms with E-state index in [1.165, 1.54) is 11.3 Å². The number of thiazole rings is 1. The molecule has 136 valence electrons. The summed E-state index contributed by atoms with van der Waals surface area (Å²) in [5.74, 6) is 0.414. The third-order valence-corrected chi connectivity index (χ3v) is 5.58. The number of nitrogens with one attached hydrogen (secondary N) is 1. The third-order valence-electron chi connectivity index (χ3n) is 4.47. The first-order valence-electron chi connectivity index (χ1n) is 8.24. The molecule has 3 N–H and O–H groups in total. The molecule has 27 heavy (non-hydrogen) atoms. The van der Waals surface area contributed by atoms with Gasteiger partial charge in [-0.3, -0.25) is 5.41 Å². The van der Waals surface area contributed by atoms with Gasteiger partial charge in [0.15, 0.2) is 0 Å². The lowest BCUT2D eigenvalue weighted by molar-refractivity contribution is 0.411. The summed E-state index contributed by atoms with van der Waals surface area (Å²) in [5, 5.41) is 32.1. The number of hydrogen-bond donors (Lipinski definition) is 3. The fourth-order valence-corrected chi connectivity index (χ4v) is 3.95. The van der Waals surface area contributed by atoms with Gasteiger partial charge in [0.05, 0.1) is 17.8 Å². The first-order chi connectivity index (χ1) is 12.9. The van der Waals surface area contributed by atoms with E-state index in [1.54, 1.807) is 29.2 Å². The highest BCUT2D eigenvalue weighted by molar-refractivity contribution is 7.11. The molecule has 3 aromatic rings. The Hall–Kier alpha value is -2.83. The Bertz CT molecular complexity index is 1070. The van der Waals surface area contributed by atoms with E-state index >= 15 is 0 Å². The summed E-state index contributed by atoms with van der Waals surface area (Å²) >= 11 is 7.31. The lowest BCUT2D eigenvalue weighted by Crippen LogP contribution is -2.25. The van der Waals surface area contributed by atoms with Gasteiger partial charge in [-0.05, 0) is 30.7 Å². The van der Waals surface area contributed by atoms with Crippen molar-refractivity contribution in [3.8, 4) is 17.0 Å². The van der Waals surface area contributed by atoms with Crippen molar-refractivity contribution in [3.05, 3.63) is 69.2 Å². The quantitative estimate of drug-likeness (QED) is 0.564. The van der Waals surface area contributed by atoms with Gasteiger partial charge < -0.3 is 15.1 Å². The summed E-state index contributed by atoms with van der Waals surface area (Å²) < 4.78 is 0. The van der Waals surface area contributed by atoms with Crippen LogP contribution < -0.4 is 4.90 Å². The Balaban J connectivity index is 1.64. The maximum atomic E-state index is 10.5. The smallest absolute Gasteiger partial charge is 0.139 e. The van der Waals surface area contributed by atoms with Gasteiger partial charge in [0.1, 0.15) is 22.4 Å². The topological polar surface area (TPSA) is 80.4 Å². The number of aromatic nitrogens is 1. The summed E-state index contributed by atoms with van der Waals surface area (Å²) in [6, 6.07) is 12.6. The van der Waals surface area contributed by atoms with Crippen LogP contribution in [0.3, 0.4) is 0 Å². The van der Waals surface area contributed by atoms with E-state index < -0.39 is 0 Å². The van der Waals surface area contributed by atoms with E-state index in [4.69, 9.17) is 17.0 Å². The zero-order valence-electron chi connectivity index (χ0n) is 14.4. The number of phenolic OH excluding ortho intramolecular Hbond substituents is 1. The highest BCUT2D eigenvalue weighted by Gasteiger charge is 2.31. The van der Waals surface area contributed by atoms with Gasteiger partial charge in [0, 0.05) is 27.7 Å². The maximum Gasteiger partial charge on any atom is 0.139 e. The van der Waals surface area contributed by atoms with E-state index in [-0.39, 0.29) is 23.9 Å². The molecule has 4 rings (SSSR count). The molecule has 0 radical (unpaired) electrons. The van der Waals surface area contributed by atoms with Gasteiger partial charge in [0.2, 0.25) is 0 Å². The molecule has 1 aliphatic rings. The summed E-state index contributed by atoms with van der Waals surface area (Å²) in [6.45, 7) is 1.98. The van der Waals surface area contributed by atoms with E-state index in [1.807, 2.05) is 30.5 Å². The van der Waals surface area contributed by atoms with Crippen LogP contribution in [0.25, 0.3) is 16.8 Å². The summed E-state index contributed by atoms with van der Waals surface area (Å²) in [4.78, 5) is 6.24. The number of aromatic hydroxyl groups is 1. The molecular formula is C20H16ClN3O2S. The highest BCUT2D eigenvalue weighted by Crippen LogP contribution is 2.35. The van der Waals surface area contributed by atoms with E-state index in [0.717, 1.165) is 16.8 Å². The minimum atomic E-state index is 0.0945. The van der Waals surface area contributed by atoms with Gasteiger partial charge in [-0.25, -0.2) is 4.98 Å². The third kappa shape index (κ3) is 3.18. The number of hydrogen-bond acceptors (Lipinski definition) is 5. The second-order valence-electron chi connectivity index (χ2n) is 6.27. The van der Waals surface area contributed by atoms with Crippen molar-refractivity contribution in [3.63, 3.8) is 0 Å². The van der Waals surface area contributed by atoms with Crippen LogP contribution in [0.1, 0.15) is 10.6 Å². The van der Waals surface area contributed by atoms with Gasteiger partial charge in [0.25, 0.3) is 0 Å². The van der Waals surface area contributed by atoms with Crippen LogP contribution in [0, 0.1) is 12.3 Å². The number of nitrogens with zero attached hydrogens (tertiary/aromatic N) is 2. The molecule has 0 bridgehead atoms. The number of aliphatic hydroxyl groups is 1. The Morgan fingerprint density at radius 2 is 1.89 bits per heavy atom. The van der Waals surface area contributed by atoms with Crippen molar-refractivity contribution in [1.29, 1.82) is 5.41 Å². The van der Waals surface area contributed by atoms with E-state index in [2.05, 4.69) is 4.98 Å². The van der Waals surface area contributed by atoms with Crippen LogP contribution in [0.4, 0.5) is 5.69 Å². The van der Waals surface area contributed by atoms with Crippen LogP contribution in [0.15, 0.2) is 53.6 Å². The molecular weight excluding hydrogens is 382 g/mol. The predicted octanol–water partition coefficient (Wildman–Crippen LogP) is 5.24. The molecule has 7 heteroatoms. The Morgan fingerprint density at radius 1 is 1.15 bits per heavy atom. The SMILES string of the molecule is Cc1ccc(N2CC(O)=C(c3nc(-c4ccc(Cl)cc4)cs3)C2=N)cc1O. The molecule has 0 saturated heterocycles. The van der Waals surface area contributed by atoms with Crippen LogP contribution in [0.2, 0.25) is 5.02 Å². The van der Waals surface area contributed by atoms with Crippen molar-refractivity contribution in [2.45, 2.75) is 6.92 Å². The summed E-state index contributed by atoms with van der Waals surface area (Å²) in [6.07, 6.45) is 0. The number of halogens is 1. The van der Waals surface area contributed by atoms with Gasteiger partial charge in [-0.15, -0.1) is 11.3 Å². The average molecular weight is 398 g/mol. The first kappa shape index (κ1) is 17.6. The molecule has 0 fully saturated rings. The standard InChI is InChI=1S/C20H16ClN3O2S/c1-11-2-7-14(8-16(11)25)24-9-17(26)18(19(24)22)20-23-15(10-27-20)12-3-5-13(21)6-4-12/h2-8,10,22,25-26H,9H2,1H3. The average Bonchev–Trinajstić information content (AvgIpc) is 3.22. The lowest BCUT2D eigenvalue weighted by atomic mass is 10.2. The van der Waals surface area contributed by atoms with Gasteiger partial charge in [-0.1, -0.05) is 29.8 Å². The first-order valence-corrected chi connectivity index (χ1v) is 9.50. The van der Waals surface area contributed by atoms with Crippen molar-refractivity contribution in [2.75, 3.05) is 11.4 Å². The fraction of sp³-hybridized carbons (Fsp3) is 0.100. The minimum absolute atomic E-state index is 0.0945. The normalized spacial score (nSPS) is 14.3. The summed E-state index contributed by atoms with van der Waals surface area (Å²) in [5.41, 5.74) is 3.52. The van der Waals surface area contributed by atoms with Crippen LogP contribution in [0.5, 0.6) is 5.75 Å². The monoisotopic (exact) mass is 397 g/mol. The molecule has 5 nitrogen and oxygen atoms in total. The Kier molecular flexibility index (Phi) is 4.37. The number of amidine groups is 1. The van der Waals surface area contributed by atoms with Crippen LogP contribution in [-0.4, -0.2) is 27.6 Å². The number of phenols is 1. The summed E-state index contributed by atoms with van der Waals surface area (Å²) in [7, 11) is 0. The molecule has 2 heterocycles. The van der Waals surface area contributed by atoms with E-state index in [0.29, 0.717) is 21.3 Å². The molecule has 1 aliphatic heterocycles. The van der Waals surface area contributed by atoms with Crippen molar-refractivity contribution in [2.24, 2.45) is 0 Å². The fourth-order valence-electron chi connectivity index (χ4n) is 2.93. The molecule has 0 unspecified atom stereocenters. The van der Waals surface area contributed by atoms with Gasteiger partial charge >= 0.3 is 0 Å². The molecule has 0 saturated carbocycles. The zero-order valence-corrected chi connectivity index (χ0v) is 16.0. The number of aliphatic hydroxyl groups excluding tert-OH is 1. The molecule has 0 amide bonds. The van der Waals surface area contributed by atoms with Crippen LogP contribution in [-0.2, 0) is 0 Å². The number of benzene rings is 2. The lowest BCUT2D eigenvalue weighted by Gasteiger charge is -2.19. The second-order valence-corrected chi connectivity index (χ2v) is 7.57. The Morgan fingerprint density at radius 3 is 2.59 bits per heavy atom. The maximum absolute atomic E-state index is 10.5. The molecule has 0 aliphatic carbocycles. The largest absolute Gasteiger partial charge is 0.510 e. The van der Waals surface area contributed by atoms with E-state index in [9.17, 15) is 10.2 Å². The second kappa shape index (κ2) is 6.72. The molecule has 0 spiro atoms. The van der Waals surface area contributed by atoms with Crippen molar-refractivity contribution >= 4 is 40.0 Å². The predicted molar refractivity (Wildman–Crippen MR) is 110 cm³/mol.